The number of nitrogens with zero attached hydrogens (tertiary/aromatic N) is 1. The minimum Gasteiger partial charge on any atom is -0.304 e. The van der Waals surface area contributed by atoms with Gasteiger partial charge in [-0.25, -0.2) is 8.78 Å². The van der Waals surface area contributed by atoms with E-state index in [0.29, 0.717) is 6.67 Å². The van der Waals surface area contributed by atoms with Crippen LogP contribution in [0.4, 0.5) is 8.78 Å². The molecule has 12 heavy (non-hydrogen) atoms. The summed E-state index contributed by atoms with van der Waals surface area (Å²) in [6.07, 6.45) is -1.22. The molecule has 2 nitrogen and oxygen atoms in total. The maximum atomic E-state index is 11.7. The third-order valence-electron chi connectivity index (χ3n) is 1.56. The van der Waals surface area contributed by atoms with Crippen molar-refractivity contribution in [2.24, 2.45) is 0 Å². The molecule has 0 aromatic rings. The van der Waals surface area contributed by atoms with E-state index in [1.165, 1.54) is 0 Å². The van der Waals surface area contributed by atoms with Crippen LogP contribution in [-0.4, -0.2) is 37.6 Å². The van der Waals surface area contributed by atoms with E-state index in [1.807, 2.05) is 13.8 Å². The number of hydrogen-bond donors (Lipinski definition) is 1. The molecule has 1 heterocycles. The molecule has 0 atom stereocenters. The van der Waals surface area contributed by atoms with Crippen molar-refractivity contribution in [3.63, 3.8) is 0 Å². The fraction of sp³-hybridized carbons (Fsp3) is 1.00. The van der Waals surface area contributed by atoms with Crippen molar-refractivity contribution in [1.29, 1.82) is 0 Å². The van der Waals surface area contributed by atoms with Crippen LogP contribution in [0.3, 0.4) is 0 Å². The highest BCUT2D eigenvalue weighted by Crippen LogP contribution is 2.00. The van der Waals surface area contributed by atoms with Crippen molar-refractivity contribution >= 4 is 0 Å². The molecular formula is C8H18F2N2. The number of nitrogens with one attached hydrogen (secondary N) is 1. The second-order valence-electron chi connectivity index (χ2n) is 2.48. The summed E-state index contributed by atoms with van der Waals surface area (Å²) in [7, 11) is 0. The van der Waals surface area contributed by atoms with E-state index in [2.05, 4.69) is 5.32 Å². The molecule has 1 rings (SSSR count). The van der Waals surface area contributed by atoms with Gasteiger partial charge < -0.3 is 5.32 Å². The van der Waals surface area contributed by atoms with Gasteiger partial charge in [-0.3, -0.25) is 4.90 Å². The van der Waals surface area contributed by atoms with Gasteiger partial charge in [-0.1, -0.05) is 13.8 Å². The van der Waals surface area contributed by atoms with Crippen molar-refractivity contribution < 1.29 is 8.78 Å². The molecule has 4 heteroatoms. The third kappa shape index (κ3) is 5.43. The average Bonchev–Trinajstić information content (AvgIpc) is 2.08. The lowest BCUT2D eigenvalue weighted by Crippen LogP contribution is -2.43. The maximum absolute atomic E-state index is 11.7. The highest BCUT2D eigenvalue weighted by molar-refractivity contribution is 4.64. The summed E-state index contributed by atoms with van der Waals surface area (Å²) in [5, 5.41) is 3.03. The van der Waals surface area contributed by atoms with Crippen LogP contribution < -0.4 is 5.32 Å². The monoisotopic (exact) mass is 180 g/mol. The quantitative estimate of drug-likeness (QED) is 0.693. The molecule has 74 valence electrons. The lowest BCUT2D eigenvalue weighted by atomic mass is 10.3. The van der Waals surface area contributed by atoms with E-state index in [9.17, 15) is 8.78 Å². The number of halogens is 2. The Bertz CT molecular complexity index is 93.1. The summed E-state index contributed by atoms with van der Waals surface area (Å²) in [5.74, 6) is 0. The zero-order chi connectivity index (χ0) is 9.40. The van der Waals surface area contributed by atoms with Crippen molar-refractivity contribution in [3.05, 3.63) is 0 Å². The minimum absolute atomic E-state index is 0.0903. The number of alkyl halides is 2. The Labute approximate surface area is 72.9 Å². The molecule has 0 unspecified atom stereocenters. The van der Waals surface area contributed by atoms with Crippen molar-refractivity contribution in [1.82, 2.24) is 10.2 Å². The molecule has 0 saturated carbocycles. The fourth-order valence-electron chi connectivity index (χ4n) is 1.09. The summed E-state index contributed by atoms with van der Waals surface area (Å²) in [6, 6.07) is 0. The molecule has 1 N–H and O–H groups in total. The molecule has 1 aliphatic heterocycles. The second-order valence-corrected chi connectivity index (χ2v) is 2.48. The molecule has 0 aromatic carbocycles. The maximum Gasteiger partial charge on any atom is 0.251 e. The molecule has 1 saturated heterocycles. The summed E-state index contributed by atoms with van der Waals surface area (Å²) in [4.78, 5) is 1.73. The van der Waals surface area contributed by atoms with Gasteiger partial charge in [0.2, 0.25) is 0 Å². The summed E-state index contributed by atoms with van der Waals surface area (Å²) in [5.41, 5.74) is 0. The Hall–Kier alpha value is -0.220. The largest absolute Gasteiger partial charge is 0.304 e. The Morgan fingerprint density at radius 3 is 2.50 bits per heavy atom. The van der Waals surface area contributed by atoms with E-state index in [-0.39, 0.29) is 6.54 Å². The van der Waals surface area contributed by atoms with Crippen LogP contribution in [0.1, 0.15) is 20.3 Å². The number of hydrogen-bond acceptors (Lipinski definition) is 2. The molecule has 0 aromatic heterocycles. The minimum atomic E-state index is -2.19. The van der Waals surface area contributed by atoms with Crippen LogP contribution >= 0.6 is 0 Å². The molecule has 0 amide bonds. The summed E-state index contributed by atoms with van der Waals surface area (Å²) in [6.45, 7) is 6.29. The predicted molar refractivity (Wildman–Crippen MR) is 46.4 cm³/mol. The topological polar surface area (TPSA) is 15.3 Å². The first kappa shape index (κ1) is 11.8. The predicted octanol–water partition coefficient (Wildman–Crippen LogP) is 1.53. The van der Waals surface area contributed by atoms with Crippen LogP contribution in [0, 0.1) is 0 Å². The van der Waals surface area contributed by atoms with E-state index in [4.69, 9.17) is 0 Å². The fourth-order valence-corrected chi connectivity index (χ4v) is 1.09. The highest BCUT2D eigenvalue weighted by atomic mass is 19.3. The Balaban J connectivity index is 0.000000561. The molecule has 0 radical (unpaired) electrons. The van der Waals surface area contributed by atoms with Crippen LogP contribution in [0.2, 0.25) is 0 Å². The van der Waals surface area contributed by atoms with E-state index in [1.54, 1.807) is 4.90 Å². The molecule has 0 bridgehead atoms. The standard InChI is InChI=1S/C6H12F2N2.C2H6/c7-6(8)4-10-3-1-2-9-5-10;1-2/h6,9H,1-5H2;1-2H3. The molecule has 1 fully saturated rings. The molecular weight excluding hydrogens is 162 g/mol. The average molecular weight is 180 g/mol. The van der Waals surface area contributed by atoms with Gasteiger partial charge in [-0.05, 0) is 13.0 Å². The van der Waals surface area contributed by atoms with Gasteiger partial charge >= 0.3 is 0 Å². The summed E-state index contributed by atoms with van der Waals surface area (Å²) >= 11 is 0. The van der Waals surface area contributed by atoms with Crippen LogP contribution in [-0.2, 0) is 0 Å². The lowest BCUT2D eigenvalue weighted by molar-refractivity contribution is 0.0752. The molecule has 0 aliphatic carbocycles. The van der Waals surface area contributed by atoms with Gasteiger partial charge in [0.25, 0.3) is 6.43 Å². The van der Waals surface area contributed by atoms with Crippen molar-refractivity contribution in [2.45, 2.75) is 26.7 Å². The van der Waals surface area contributed by atoms with E-state index < -0.39 is 6.43 Å². The highest BCUT2D eigenvalue weighted by Gasteiger charge is 2.13. The van der Waals surface area contributed by atoms with E-state index in [0.717, 1.165) is 19.5 Å². The molecule has 0 spiro atoms. The van der Waals surface area contributed by atoms with Crippen LogP contribution in [0.5, 0.6) is 0 Å². The zero-order valence-corrected chi connectivity index (χ0v) is 7.82. The second kappa shape index (κ2) is 7.43. The van der Waals surface area contributed by atoms with Gasteiger partial charge in [0.15, 0.2) is 0 Å². The SMILES string of the molecule is CC.FC(F)CN1CCCNC1. The Morgan fingerprint density at radius 2 is 2.08 bits per heavy atom. The Kier molecular flexibility index (Phi) is 7.29. The van der Waals surface area contributed by atoms with Crippen molar-refractivity contribution in [2.75, 3.05) is 26.3 Å². The molecule has 1 aliphatic rings. The van der Waals surface area contributed by atoms with Crippen LogP contribution in [0.15, 0.2) is 0 Å². The first-order valence-corrected chi connectivity index (χ1v) is 4.50. The van der Waals surface area contributed by atoms with Gasteiger partial charge in [0, 0.05) is 13.2 Å². The first-order valence-electron chi connectivity index (χ1n) is 4.50. The van der Waals surface area contributed by atoms with Gasteiger partial charge in [0.05, 0.1) is 6.54 Å². The Morgan fingerprint density at radius 1 is 1.42 bits per heavy atom. The van der Waals surface area contributed by atoms with Crippen LogP contribution in [0.25, 0.3) is 0 Å². The van der Waals surface area contributed by atoms with E-state index >= 15 is 0 Å². The van der Waals surface area contributed by atoms with Gasteiger partial charge in [-0.2, -0.15) is 0 Å². The van der Waals surface area contributed by atoms with Gasteiger partial charge in [-0.15, -0.1) is 0 Å². The van der Waals surface area contributed by atoms with Crippen molar-refractivity contribution in [3.8, 4) is 0 Å². The lowest BCUT2D eigenvalue weighted by Gasteiger charge is -2.26. The smallest absolute Gasteiger partial charge is 0.251 e. The third-order valence-corrected chi connectivity index (χ3v) is 1.56. The zero-order valence-electron chi connectivity index (χ0n) is 7.82. The summed E-state index contributed by atoms with van der Waals surface area (Å²) < 4.78 is 23.5. The normalized spacial score (nSPS) is 18.8. The number of rotatable bonds is 2. The first-order chi connectivity index (χ1) is 5.79. The van der Waals surface area contributed by atoms with Gasteiger partial charge in [0.1, 0.15) is 0 Å².